The zero-order valence-corrected chi connectivity index (χ0v) is 17.6. The van der Waals surface area contributed by atoms with Gasteiger partial charge in [-0.15, -0.1) is 11.3 Å². The predicted molar refractivity (Wildman–Crippen MR) is 117 cm³/mol. The van der Waals surface area contributed by atoms with Crippen molar-refractivity contribution in [3.8, 4) is 0 Å². The van der Waals surface area contributed by atoms with Crippen LogP contribution < -0.4 is 16.4 Å². The first-order chi connectivity index (χ1) is 14.5. The van der Waals surface area contributed by atoms with Crippen molar-refractivity contribution in [3.05, 3.63) is 62.9 Å². The van der Waals surface area contributed by atoms with Crippen molar-refractivity contribution in [3.63, 3.8) is 0 Å². The highest BCUT2D eigenvalue weighted by atomic mass is 32.1. The summed E-state index contributed by atoms with van der Waals surface area (Å²) in [6.45, 7) is 4.51. The van der Waals surface area contributed by atoms with Crippen LogP contribution in [-0.2, 0) is 6.54 Å². The van der Waals surface area contributed by atoms with Gasteiger partial charge in [-0.1, -0.05) is 25.8 Å². The van der Waals surface area contributed by atoms with Gasteiger partial charge in [0.15, 0.2) is 5.13 Å². The molecule has 30 heavy (non-hydrogen) atoms. The second-order valence-corrected chi connectivity index (χ2v) is 7.99. The summed E-state index contributed by atoms with van der Waals surface area (Å²) in [6, 6.07) is 5.16. The molecule has 0 spiro atoms. The molecule has 4 rings (SSSR count). The molecule has 8 nitrogen and oxygen atoms in total. The molecule has 4 heterocycles. The van der Waals surface area contributed by atoms with Gasteiger partial charge in [-0.2, -0.15) is 0 Å². The van der Waals surface area contributed by atoms with Crippen molar-refractivity contribution in [2.45, 2.75) is 39.7 Å². The summed E-state index contributed by atoms with van der Waals surface area (Å²) in [5, 5.41) is 13.9. The van der Waals surface area contributed by atoms with Crippen LogP contribution in [0.5, 0.6) is 0 Å². The van der Waals surface area contributed by atoms with Crippen molar-refractivity contribution >= 4 is 39.1 Å². The van der Waals surface area contributed by atoms with Crippen LogP contribution >= 0.6 is 11.3 Å². The van der Waals surface area contributed by atoms with Crippen LogP contribution in [0.3, 0.4) is 0 Å². The zero-order valence-electron chi connectivity index (χ0n) is 16.8. The molecule has 0 unspecified atom stereocenters. The average molecular weight is 423 g/mol. The van der Waals surface area contributed by atoms with E-state index in [1.165, 1.54) is 21.8 Å². The third-order valence-corrected chi connectivity index (χ3v) is 5.70. The van der Waals surface area contributed by atoms with E-state index in [0.717, 1.165) is 24.8 Å². The molecule has 9 heteroatoms. The highest BCUT2D eigenvalue weighted by Crippen LogP contribution is 2.15. The van der Waals surface area contributed by atoms with Crippen LogP contribution in [0.25, 0.3) is 16.7 Å². The maximum Gasteiger partial charge on any atom is 0.267 e. The lowest BCUT2D eigenvalue weighted by molar-refractivity contribution is 0.102. The number of pyridine rings is 2. The number of nitrogens with zero attached hydrogens (tertiary/aromatic N) is 4. The van der Waals surface area contributed by atoms with Gasteiger partial charge in [0, 0.05) is 24.3 Å². The highest BCUT2D eigenvalue weighted by molar-refractivity contribution is 7.13. The summed E-state index contributed by atoms with van der Waals surface area (Å²) in [6.07, 6.45) is 6.10. The van der Waals surface area contributed by atoms with Gasteiger partial charge in [0.2, 0.25) is 0 Å². The van der Waals surface area contributed by atoms with Gasteiger partial charge in [0.1, 0.15) is 16.8 Å². The Bertz CT molecular complexity index is 1350. The minimum atomic E-state index is -0.463. The molecule has 1 amide bonds. The number of nitrogens with one attached hydrogen (secondary N) is 2. The summed E-state index contributed by atoms with van der Waals surface area (Å²) >= 11 is 1.29. The van der Waals surface area contributed by atoms with E-state index in [1.54, 1.807) is 28.4 Å². The zero-order chi connectivity index (χ0) is 21.3. The van der Waals surface area contributed by atoms with E-state index in [9.17, 15) is 9.59 Å². The lowest BCUT2D eigenvalue weighted by Crippen LogP contribution is -2.32. The lowest BCUT2D eigenvalue weighted by atomic mass is 10.1. The molecule has 0 aliphatic carbocycles. The number of aryl methyl sites for hydroxylation is 2. The number of amides is 1. The Hall–Kier alpha value is -3.33. The molecule has 0 fully saturated rings. The summed E-state index contributed by atoms with van der Waals surface area (Å²) in [4.78, 5) is 34.9. The van der Waals surface area contributed by atoms with Gasteiger partial charge in [-0.25, -0.2) is 9.97 Å². The molecule has 0 aliphatic heterocycles. The predicted octanol–water partition coefficient (Wildman–Crippen LogP) is 3.34. The van der Waals surface area contributed by atoms with Crippen molar-refractivity contribution in [2.24, 2.45) is 0 Å². The molecule has 4 aromatic heterocycles. The minimum Gasteiger partial charge on any atom is -0.310 e. The van der Waals surface area contributed by atoms with Crippen molar-refractivity contribution in [1.82, 2.24) is 18.9 Å². The van der Waals surface area contributed by atoms with Crippen LogP contribution in [-0.4, -0.2) is 24.8 Å². The van der Waals surface area contributed by atoms with E-state index in [0.29, 0.717) is 28.4 Å². The number of fused-ring (bicyclic) bond motifs is 2. The molecule has 0 atom stereocenters. The lowest BCUT2D eigenvalue weighted by Gasteiger charge is -2.15. The molecular formula is C21H22N6O2S. The SMILES string of the molecule is CCCCCn1c(=N)c(C(=O)Nc2nccs2)cc2c(=O)n3cccc(C)c3nc21. The van der Waals surface area contributed by atoms with E-state index in [-0.39, 0.29) is 16.6 Å². The van der Waals surface area contributed by atoms with Gasteiger partial charge < -0.3 is 4.57 Å². The Labute approximate surface area is 176 Å². The Balaban J connectivity index is 1.97. The number of hydrogen-bond donors (Lipinski definition) is 2. The van der Waals surface area contributed by atoms with Gasteiger partial charge in [-0.3, -0.25) is 24.7 Å². The number of anilines is 1. The first-order valence-corrected chi connectivity index (χ1v) is 10.7. The fourth-order valence-corrected chi connectivity index (χ4v) is 3.98. The van der Waals surface area contributed by atoms with Crippen LogP contribution in [0.4, 0.5) is 5.13 Å². The Morgan fingerprint density at radius 1 is 1.30 bits per heavy atom. The van der Waals surface area contributed by atoms with Crippen molar-refractivity contribution in [2.75, 3.05) is 5.32 Å². The third-order valence-electron chi connectivity index (χ3n) is 5.02. The smallest absolute Gasteiger partial charge is 0.267 e. The standard InChI is InChI=1S/C21H22N6O2S/c1-3-4-5-9-26-16(22)14(19(28)25-21-23-8-11-30-21)12-15-18(26)24-17-13(2)7-6-10-27(17)20(15)29/h6-8,10-12,22H,3-5,9H2,1-2H3,(H,23,25,28). The third kappa shape index (κ3) is 3.52. The maximum atomic E-state index is 13.2. The quantitative estimate of drug-likeness (QED) is 0.367. The fourth-order valence-electron chi connectivity index (χ4n) is 3.46. The topological polar surface area (TPSA) is 105 Å². The Kier molecular flexibility index (Phi) is 5.45. The second-order valence-electron chi connectivity index (χ2n) is 7.10. The number of thiazole rings is 1. The van der Waals surface area contributed by atoms with Gasteiger partial charge >= 0.3 is 0 Å². The summed E-state index contributed by atoms with van der Waals surface area (Å²) < 4.78 is 3.16. The molecule has 0 bridgehead atoms. The average Bonchev–Trinajstić information content (AvgIpc) is 3.23. The van der Waals surface area contributed by atoms with Gasteiger partial charge in [-0.05, 0) is 31.0 Å². The van der Waals surface area contributed by atoms with E-state index >= 15 is 0 Å². The highest BCUT2D eigenvalue weighted by Gasteiger charge is 2.18. The van der Waals surface area contributed by atoms with Gasteiger partial charge in [0.25, 0.3) is 11.5 Å². The second kappa shape index (κ2) is 8.19. The number of rotatable bonds is 6. The first kappa shape index (κ1) is 20.0. The fraction of sp³-hybridized carbons (Fsp3) is 0.286. The first-order valence-electron chi connectivity index (χ1n) is 9.82. The Morgan fingerprint density at radius 3 is 2.87 bits per heavy atom. The number of carbonyl (C=O) groups is 1. The van der Waals surface area contributed by atoms with Crippen LogP contribution in [0, 0.1) is 12.3 Å². The number of aromatic nitrogens is 4. The molecule has 4 aromatic rings. The largest absolute Gasteiger partial charge is 0.310 e. The van der Waals surface area contributed by atoms with E-state index in [4.69, 9.17) is 10.4 Å². The minimum absolute atomic E-state index is 0.0393. The normalized spacial score (nSPS) is 11.3. The summed E-state index contributed by atoms with van der Waals surface area (Å²) in [5.41, 5.74) is 1.76. The maximum absolute atomic E-state index is 13.2. The van der Waals surface area contributed by atoms with Crippen molar-refractivity contribution in [1.29, 1.82) is 5.41 Å². The van der Waals surface area contributed by atoms with Crippen LogP contribution in [0.1, 0.15) is 42.1 Å². The molecular weight excluding hydrogens is 400 g/mol. The van der Waals surface area contributed by atoms with Crippen molar-refractivity contribution < 1.29 is 4.79 Å². The van der Waals surface area contributed by atoms with E-state index < -0.39 is 5.91 Å². The number of carbonyl (C=O) groups excluding carboxylic acids is 1. The van der Waals surface area contributed by atoms with E-state index in [2.05, 4.69) is 17.2 Å². The van der Waals surface area contributed by atoms with Crippen LogP contribution in [0.2, 0.25) is 0 Å². The summed E-state index contributed by atoms with van der Waals surface area (Å²) in [5.74, 6) is -0.463. The molecule has 2 N–H and O–H groups in total. The van der Waals surface area contributed by atoms with E-state index in [1.807, 2.05) is 13.0 Å². The Morgan fingerprint density at radius 2 is 2.13 bits per heavy atom. The molecule has 0 radical (unpaired) electrons. The molecule has 0 saturated heterocycles. The van der Waals surface area contributed by atoms with Crippen LogP contribution in [0.15, 0.2) is 40.8 Å². The number of hydrogen-bond acceptors (Lipinski definition) is 6. The number of unbranched alkanes of at least 4 members (excludes halogenated alkanes) is 2. The monoisotopic (exact) mass is 422 g/mol. The molecule has 0 aliphatic rings. The molecule has 154 valence electrons. The molecule has 0 saturated carbocycles. The summed E-state index contributed by atoms with van der Waals surface area (Å²) in [7, 11) is 0. The molecule has 0 aromatic carbocycles. The van der Waals surface area contributed by atoms with Gasteiger partial charge in [0.05, 0.1) is 10.9 Å².